The Morgan fingerprint density at radius 2 is 1.74 bits per heavy atom. The highest BCUT2D eigenvalue weighted by Gasteiger charge is 2.24. The highest BCUT2D eigenvalue weighted by molar-refractivity contribution is 5.96. The standard InChI is InChI=1S/C24H29N3O4/c1-17-8-9-21(18(2)14-17)31-16-23(29)27-12-10-20(11-13-27)26-22(28)15-25-24(30)19-6-4-3-5-7-19/h3-9,14,20H,10-13,15-16H2,1-2H3,(H,25,30)(H,26,28). The van der Waals surface area contributed by atoms with Gasteiger partial charge in [0.2, 0.25) is 5.91 Å². The van der Waals surface area contributed by atoms with E-state index in [1.165, 1.54) is 0 Å². The Hall–Kier alpha value is -3.35. The Balaban J connectivity index is 1.36. The summed E-state index contributed by atoms with van der Waals surface area (Å²) in [7, 11) is 0. The minimum absolute atomic E-state index is 0.00639. The summed E-state index contributed by atoms with van der Waals surface area (Å²) in [5.74, 6) is 0.158. The van der Waals surface area contributed by atoms with Crippen LogP contribution >= 0.6 is 0 Å². The Labute approximate surface area is 182 Å². The predicted molar refractivity (Wildman–Crippen MR) is 118 cm³/mol. The molecule has 3 rings (SSSR count). The van der Waals surface area contributed by atoms with Crippen LogP contribution in [0.5, 0.6) is 5.75 Å². The molecule has 2 aromatic carbocycles. The third kappa shape index (κ3) is 6.57. The average molecular weight is 424 g/mol. The molecule has 0 spiro atoms. The summed E-state index contributed by atoms with van der Waals surface area (Å²) in [6.45, 7) is 5.04. The second kappa shape index (κ2) is 10.6. The SMILES string of the molecule is Cc1ccc(OCC(=O)N2CCC(NC(=O)CNC(=O)c3ccccc3)CC2)c(C)c1. The van der Waals surface area contributed by atoms with Crippen molar-refractivity contribution in [3.63, 3.8) is 0 Å². The van der Waals surface area contributed by atoms with Crippen LogP contribution in [0.25, 0.3) is 0 Å². The lowest BCUT2D eigenvalue weighted by Crippen LogP contribution is -2.49. The Morgan fingerprint density at radius 1 is 1.03 bits per heavy atom. The number of likely N-dealkylation sites (tertiary alicyclic amines) is 1. The molecule has 1 saturated heterocycles. The quantitative estimate of drug-likeness (QED) is 0.715. The second-order valence-corrected chi connectivity index (χ2v) is 7.83. The number of rotatable bonds is 7. The van der Waals surface area contributed by atoms with Crippen molar-refractivity contribution in [1.82, 2.24) is 15.5 Å². The minimum Gasteiger partial charge on any atom is -0.484 e. The van der Waals surface area contributed by atoms with Gasteiger partial charge in [0.05, 0.1) is 6.54 Å². The van der Waals surface area contributed by atoms with E-state index in [0.717, 1.165) is 16.9 Å². The summed E-state index contributed by atoms with van der Waals surface area (Å²) in [6, 6.07) is 14.6. The molecule has 0 radical (unpaired) electrons. The van der Waals surface area contributed by atoms with Crippen molar-refractivity contribution in [3.05, 3.63) is 65.2 Å². The number of aryl methyl sites for hydroxylation is 2. The number of carbonyl (C=O) groups is 3. The normalized spacial score (nSPS) is 14.1. The maximum absolute atomic E-state index is 12.5. The van der Waals surface area contributed by atoms with Gasteiger partial charge in [0, 0.05) is 24.7 Å². The molecule has 1 aliphatic rings. The first-order valence-electron chi connectivity index (χ1n) is 10.5. The molecule has 0 unspecified atom stereocenters. The van der Waals surface area contributed by atoms with Gasteiger partial charge in [0.1, 0.15) is 5.75 Å². The lowest BCUT2D eigenvalue weighted by atomic mass is 10.0. The smallest absolute Gasteiger partial charge is 0.260 e. The Morgan fingerprint density at radius 3 is 2.42 bits per heavy atom. The minimum atomic E-state index is -0.278. The van der Waals surface area contributed by atoms with E-state index >= 15 is 0 Å². The average Bonchev–Trinajstić information content (AvgIpc) is 2.78. The first-order valence-corrected chi connectivity index (χ1v) is 10.5. The molecule has 3 amide bonds. The van der Waals surface area contributed by atoms with Gasteiger partial charge in [-0.2, -0.15) is 0 Å². The number of benzene rings is 2. The summed E-state index contributed by atoms with van der Waals surface area (Å²) in [6.07, 6.45) is 1.35. The lowest BCUT2D eigenvalue weighted by molar-refractivity contribution is -0.134. The van der Waals surface area contributed by atoms with Gasteiger partial charge < -0.3 is 20.3 Å². The first kappa shape index (κ1) is 22.3. The largest absolute Gasteiger partial charge is 0.484 e. The zero-order valence-corrected chi connectivity index (χ0v) is 18.0. The number of ether oxygens (including phenoxy) is 1. The van der Waals surface area contributed by atoms with Gasteiger partial charge >= 0.3 is 0 Å². The van der Waals surface area contributed by atoms with Crippen molar-refractivity contribution < 1.29 is 19.1 Å². The fourth-order valence-corrected chi connectivity index (χ4v) is 3.60. The molecule has 0 aliphatic carbocycles. The van der Waals surface area contributed by atoms with E-state index in [4.69, 9.17) is 4.74 Å². The van der Waals surface area contributed by atoms with Crippen molar-refractivity contribution >= 4 is 17.7 Å². The van der Waals surface area contributed by atoms with Gasteiger partial charge in [-0.05, 0) is 50.5 Å². The van der Waals surface area contributed by atoms with Crippen LogP contribution < -0.4 is 15.4 Å². The van der Waals surface area contributed by atoms with E-state index in [2.05, 4.69) is 10.6 Å². The zero-order valence-electron chi connectivity index (χ0n) is 18.0. The van der Waals surface area contributed by atoms with Gasteiger partial charge in [-0.1, -0.05) is 35.9 Å². The Kier molecular flexibility index (Phi) is 7.65. The van der Waals surface area contributed by atoms with Gasteiger partial charge in [-0.25, -0.2) is 0 Å². The Bertz CT molecular complexity index is 922. The van der Waals surface area contributed by atoms with Gasteiger partial charge in [-0.3, -0.25) is 14.4 Å². The molecule has 2 N–H and O–H groups in total. The molecule has 0 bridgehead atoms. The molecule has 0 atom stereocenters. The maximum Gasteiger partial charge on any atom is 0.260 e. The third-order valence-corrected chi connectivity index (χ3v) is 5.34. The summed E-state index contributed by atoms with van der Waals surface area (Å²) in [5, 5.41) is 5.56. The number of nitrogens with zero attached hydrogens (tertiary/aromatic N) is 1. The number of hydrogen-bond acceptors (Lipinski definition) is 4. The number of piperidine rings is 1. The molecule has 31 heavy (non-hydrogen) atoms. The van der Waals surface area contributed by atoms with Crippen LogP contribution in [-0.4, -0.2) is 54.9 Å². The van der Waals surface area contributed by atoms with Crippen molar-refractivity contribution in [3.8, 4) is 5.75 Å². The number of carbonyl (C=O) groups excluding carboxylic acids is 3. The van der Waals surface area contributed by atoms with Gasteiger partial charge in [-0.15, -0.1) is 0 Å². The van der Waals surface area contributed by atoms with E-state index in [1.54, 1.807) is 29.2 Å². The van der Waals surface area contributed by atoms with Crippen LogP contribution in [0.4, 0.5) is 0 Å². The molecular formula is C24H29N3O4. The van der Waals surface area contributed by atoms with Gasteiger partial charge in [0.15, 0.2) is 6.61 Å². The fraction of sp³-hybridized carbons (Fsp3) is 0.375. The summed E-state index contributed by atoms with van der Waals surface area (Å²) >= 11 is 0. The summed E-state index contributed by atoms with van der Waals surface area (Å²) in [4.78, 5) is 38.4. The third-order valence-electron chi connectivity index (χ3n) is 5.34. The van der Waals surface area contributed by atoms with Crippen molar-refractivity contribution in [1.29, 1.82) is 0 Å². The molecule has 7 heteroatoms. The molecule has 7 nitrogen and oxygen atoms in total. The van der Waals surface area contributed by atoms with Crippen LogP contribution in [0, 0.1) is 13.8 Å². The highest BCUT2D eigenvalue weighted by atomic mass is 16.5. The highest BCUT2D eigenvalue weighted by Crippen LogP contribution is 2.19. The van der Waals surface area contributed by atoms with Gasteiger partial charge in [0.25, 0.3) is 11.8 Å². The molecule has 0 aromatic heterocycles. The summed E-state index contributed by atoms with van der Waals surface area (Å²) < 4.78 is 5.69. The van der Waals surface area contributed by atoms with Crippen molar-refractivity contribution in [2.45, 2.75) is 32.7 Å². The first-order chi connectivity index (χ1) is 14.9. The lowest BCUT2D eigenvalue weighted by Gasteiger charge is -2.32. The number of nitrogens with one attached hydrogen (secondary N) is 2. The van der Waals surface area contributed by atoms with E-state index in [-0.39, 0.29) is 36.9 Å². The van der Waals surface area contributed by atoms with Crippen LogP contribution in [0.15, 0.2) is 48.5 Å². The molecule has 2 aromatic rings. The van der Waals surface area contributed by atoms with Crippen molar-refractivity contribution in [2.24, 2.45) is 0 Å². The molecule has 1 heterocycles. The topological polar surface area (TPSA) is 87.7 Å². The van der Waals surface area contributed by atoms with Crippen LogP contribution in [-0.2, 0) is 9.59 Å². The summed E-state index contributed by atoms with van der Waals surface area (Å²) in [5.41, 5.74) is 2.68. The van der Waals surface area contributed by atoms with Crippen LogP contribution in [0.2, 0.25) is 0 Å². The molecule has 1 fully saturated rings. The second-order valence-electron chi connectivity index (χ2n) is 7.83. The van der Waals surface area contributed by atoms with E-state index in [1.807, 2.05) is 38.1 Å². The van der Waals surface area contributed by atoms with E-state index in [9.17, 15) is 14.4 Å². The molecule has 1 aliphatic heterocycles. The molecule has 0 saturated carbocycles. The monoisotopic (exact) mass is 423 g/mol. The van der Waals surface area contributed by atoms with E-state index < -0.39 is 0 Å². The van der Waals surface area contributed by atoms with Crippen LogP contribution in [0.1, 0.15) is 34.3 Å². The molecule has 164 valence electrons. The molecular weight excluding hydrogens is 394 g/mol. The van der Waals surface area contributed by atoms with Crippen LogP contribution in [0.3, 0.4) is 0 Å². The maximum atomic E-state index is 12.5. The van der Waals surface area contributed by atoms with E-state index in [0.29, 0.717) is 31.5 Å². The number of amides is 3. The fourth-order valence-electron chi connectivity index (χ4n) is 3.60. The van der Waals surface area contributed by atoms with Crippen molar-refractivity contribution in [2.75, 3.05) is 26.2 Å². The predicted octanol–water partition coefficient (Wildman–Crippen LogP) is 2.22. The zero-order chi connectivity index (χ0) is 22.2. The number of hydrogen-bond donors (Lipinski definition) is 2.